The van der Waals surface area contributed by atoms with Gasteiger partial charge in [-0.1, -0.05) is 24.3 Å². The van der Waals surface area contributed by atoms with Crippen LogP contribution >= 0.6 is 0 Å². The summed E-state index contributed by atoms with van der Waals surface area (Å²) >= 11 is 0. The van der Waals surface area contributed by atoms with Crippen molar-refractivity contribution >= 4 is 0 Å². The third kappa shape index (κ3) is 1.81. The summed E-state index contributed by atoms with van der Waals surface area (Å²) < 4.78 is 0. The standard InChI is InChI=1S/C12H17NO/c1-9-4-2-3-5-11(9)12-7-6-10(8-14)13-12/h2-5,10,12-14H,6-8H2,1H3/t10-,12-/m0/s1. The maximum atomic E-state index is 9.04. The summed E-state index contributed by atoms with van der Waals surface area (Å²) in [5, 5.41) is 12.5. The van der Waals surface area contributed by atoms with Gasteiger partial charge in [-0.05, 0) is 30.9 Å². The van der Waals surface area contributed by atoms with Gasteiger partial charge in [0.25, 0.3) is 0 Å². The Kier molecular flexibility index (Phi) is 2.85. The second-order valence-corrected chi connectivity index (χ2v) is 4.03. The second kappa shape index (κ2) is 4.11. The van der Waals surface area contributed by atoms with E-state index in [4.69, 9.17) is 5.11 Å². The molecule has 0 unspecified atom stereocenters. The zero-order valence-corrected chi connectivity index (χ0v) is 8.53. The van der Waals surface area contributed by atoms with Crippen molar-refractivity contribution in [2.75, 3.05) is 6.61 Å². The molecule has 2 N–H and O–H groups in total. The number of hydrogen-bond donors (Lipinski definition) is 2. The highest BCUT2D eigenvalue weighted by atomic mass is 16.3. The van der Waals surface area contributed by atoms with E-state index in [2.05, 4.69) is 36.5 Å². The van der Waals surface area contributed by atoms with E-state index in [1.54, 1.807) is 0 Å². The molecule has 1 fully saturated rings. The van der Waals surface area contributed by atoms with Gasteiger partial charge in [0.15, 0.2) is 0 Å². The van der Waals surface area contributed by atoms with E-state index in [0.29, 0.717) is 12.1 Å². The molecule has 0 spiro atoms. The van der Waals surface area contributed by atoms with Crippen LogP contribution in [-0.4, -0.2) is 17.8 Å². The molecule has 0 radical (unpaired) electrons. The third-order valence-electron chi connectivity index (χ3n) is 3.02. The first-order chi connectivity index (χ1) is 6.81. The first-order valence-electron chi connectivity index (χ1n) is 5.23. The molecule has 14 heavy (non-hydrogen) atoms. The number of hydrogen-bond acceptors (Lipinski definition) is 2. The third-order valence-corrected chi connectivity index (χ3v) is 3.02. The molecule has 1 heterocycles. The van der Waals surface area contributed by atoms with Crippen LogP contribution in [0.15, 0.2) is 24.3 Å². The van der Waals surface area contributed by atoms with Crippen LogP contribution in [0.4, 0.5) is 0 Å². The summed E-state index contributed by atoms with van der Waals surface area (Å²) in [6, 6.07) is 9.19. The Morgan fingerprint density at radius 2 is 2.14 bits per heavy atom. The number of aryl methyl sites for hydroxylation is 1. The van der Waals surface area contributed by atoms with Gasteiger partial charge in [0.1, 0.15) is 0 Å². The van der Waals surface area contributed by atoms with E-state index in [9.17, 15) is 0 Å². The van der Waals surface area contributed by atoms with Crippen LogP contribution in [0.2, 0.25) is 0 Å². The van der Waals surface area contributed by atoms with E-state index in [0.717, 1.165) is 12.8 Å². The van der Waals surface area contributed by atoms with E-state index in [1.807, 2.05) is 0 Å². The lowest BCUT2D eigenvalue weighted by atomic mass is 10.0. The number of rotatable bonds is 2. The summed E-state index contributed by atoms with van der Waals surface area (Å²) in [5.41, 5.74) is 2.71. The van der Waals surface area contributed by atoms with Crippen LogP contribution in [0.25, 0.3) is 0 Å². The van der Waals surface area contributed by atoms with E-state index in [-0.39, 0.29) is 6.61 Å². The number of aliphatic hydroxyl groups is 1. The summed E-state index contributed by atoms with van der Waals surface area (Å²) in [7, 11) is 0. The smallest absolute Gasteiger partial charge is 0.0584 e. The molecule has 2 nitrogen and oxygen atoms in total. The Morgan fingerprint density at radius 3 is 2.79 bits per heavy atom. The first-order valence-corrected chi connectivity index (χ1v) is 5.23. The predicted molar refractivity (Wildman–Crippen MR) is 57.2 cm³/mol. The highest BCUT2D eigenvalue weighted by Crippen LogP contribution is 2.28. The summed E-state index contributed by atoms with van der Waals surface area (Å²) in [6.45, 7) is 2.39. The number of aliphatic hydroxyl groups excluding tert-OH is 1. The Labute approximate surface area is 85.0 Å². The van der Waals surface area contributed by atoms with Crippen molar-refractivity contribution in [2.45, 2.75) is 31.8 Å². The fourth-order valence-electron chi connectivity index (χ4n) is 2.19. The zero-order valence-electron chi connectivity index (χ0n) is 8.53. The van der Waals surface area contributed by atoms with Crippen LogP contribution in [0, 0.1) is 6.92 Å². The lowest BCUT2D eigenvalue weighted by molar-refractivity contribution is 0.251. The van der Waals surface area contributed by atoms with E-state index in [1.165, 1.54) is 11.1 Å². The SMILES string of the molecule is Cc1ccccc1[C@@H]1CC[C@@H](CO)N1. The van der Waals surface area contributed by atoms with Gasteiger partial charge < -0.3 is 10.4 Å². The van der Waals surface area contributed by atoms with Crippen LogP contribution in [0.5, 0.6) is 0 Å². The van der Waals surface area contributed by atoms with E-state index < -0.39 is 0 Å². The monoisotopic (exact) mass is 191 g/mol. The minimum Gasteiger partial charge on any atom is -0.395 e. The minimum atomic E-state index is 0.252. The minimum absolute atomic E-state index is 0.252. The van der Waals surface area contributed by atoms with Gasteiger partial charge in [-0.3, -0.25) is 0 Å². The Balaban J connectivity index is 2.13. The lowest BCUT2D eigenvalue weighted by Crippen LogP contribution is -2.27. The molecule has 0 amide bonds. The Morgan fingerprint density at radius 1 is 1.36 bits per heavy atom. The van der Waals surface area contributed by atoms with Gasteiger partial charge in [-0.25, -0.2) is 0 Å². The molecule has 0 aliphatic carbocycles. The summed E-state index contributed by atoms with van der Waals surface area (Å²) in [5.74, 6) is 0. The molecular formula is C12H17NO. The van der Waals surface area contributed by atoms with Crippen molar-refractivity contribution < 1.29 is 5.11 Å². The first kappa shape index (κ1) is 9.69. The fourth-order valence-corrected chi connectivity index (χ4v) is 2.19. The molecule has 2 heteroatoms. The van der Waals surface area contributed by atoms with Crippen molar-refractivity contribution in [3.05, 3.63) is 35.4 Å². The molecule has 1 aliphatic rings. The number of nitrogens with one attached hydrogen (secondary N) is 1. The molecule has 1 aromatic carbocycles. The Bertz CT molecular complexity index is 311. The Hall–Kier alpha value is -0.860. The topological polar surface area (TPSA) is 32.3 Å². The van der Waals surface area contributed by atoms with Gasteiger partial charge in [-0.2, -0.15) is 0 Å². The van der Waals surface area contributed by atoms with E-state index >= 15 is 0 Å². The van der Waals surface area contributed by atoms with Crippen molar-refractivity contribution in [3.63, 3.8) is 0 Å². The molecule has 2 atom stereocenters. The highest BCUT2D eigenvalue weighted by molar-refractivity contribution is 5.29. The molecule has 1 aromatic rings. The maximum Gasteiger partial charge on any atom is 0.0584 e. The van der Waals surface area contributed by atoms with Gasteiger partial charge in [0.2, 0.25) is 0 Å². The van der Waals surface area contributed by atoms with Gasteiger partial charge >= 0.3 is 0 Å². The largest absolute Gasteiger partial charge is 0.395 e. The summed E-state index contributed by atoms with van der Waals surface area (Å²) in [4.78, 5) is 0. The molecule has 0 saturated carbocycles. The second-order valence-electron chi connectivity index (χ2n) is 4.03. The van der Waals surface area contributed by atoms with Gasteiger partial charge in [0.05, 0.1) is 6.61 Å². The van der Waals surface area contributed by atoms with Gasteiger partial charge in [-0.15, -0.1) is 0 Å². The quantitative estimate of drug-likeness (QED) is 0.747. The van der Waals surface area contributed by atoms with Crippen molar-refractivity contribution in [3.8, 4) is 0 Å². The molecule has 2 rings (SSSR count). The van der Waals surface area contributed by atoms with Crippen molar-refractivity contribution in [1.82, 2.24) is 5.32 Å². The molecule has 0 aromatic heterocycles. The van der Waals surface area contributed by atoms with Crippen molar-refractivity contribution in [2.24, 2.45) is 0 Å². The average Bonchev–Trinajstić information content (AvgIpc) is 2.67. The predicted octanol–water partition coefficient (Wildman–Crippen LogP) is 1.78. The molecule has 1 saturated heterocycles. The van der Waals surface area contributed by atoms with Crippen molar-refractivity contribution in [1.29, 1.82) is 0 Å². The molecule has 1 aliphatic heterocycles. The highest BCUT2D eigenvalue weighted by Gasteiger charge is 2.24. The van der Waals surface area contributed by atoms with Crippen LogP contribution in [0.1, 0.15) is 30.0 Å². The fraction of sp³-hybridized carbons (Fsp3) is 0.500. The molecular weight excluding hydrogens is 174 g/mol. The van der Waals surface area contributed by atoms with Crippen LogP contribution in [0.3, 0.4) is 0 Å². The zero-order chi connectivity index (χ0) is 9.97. The maximum absolute atomic E-state index is 9.04. The molecule has 0 bridgehead atoms. The normalized spacial score (nSPS) is 26.7. The lowest BCUT2D eigenvalue weighted by Gasteiger charge is -2.15. The summed E-state index contributed by atoms with van der Waals surface area (Å²) in [6.07, 6.45) is 2.21. The molecule has 76 valence electrons. The van der Waals surface area contributed by atoms with Crippen LogP contribution < -0.4 is 5.32 Å². The van der Waals surface area contributed by atoms with Gasteiger partial charge in [0, 0.05) is 12.1 Å². The van der Waals surface area contributed by atoms with Crippen LogP contribution in [-0.2, 0) is 0 Å². The number of benzene rings is 1. The average molecular weight is 191 g/mol.